The van der Waals surface area contributed by atoms with Gasteiger partial charge in [-0.05, 0) is 26.0 Å². The van der Waals surface area contributed by atoms with Crippen molar-refractivity contribution in [1.82, 2.24) is 9.55 Å². The van der Waals surface area contributed by atoms with Crippen LogP contribution in [0, 0.1) is 6.92 Å². The quantitative estimate of drug-likeness (QED) is 0.889. The Labute approximate surface area is 129 Å². The van der Waals surface area contributed by atoms with Crippen LogP contribution >= 0.6 is 11.6 Å². The van der Waals surface area contributed by atoms with Gasteiger partial charge in [-0.15, -0.1) is 0 Å². The van der Waals surface area contributed by atoms with Crippen LogP contribution in [-0.4, -0.2) is 36.4 Å². The molecule has 0 aliphatic carbocycles. The van der Waals surface area contributed by atoms with Crippen LogP contribution in [0.2, 0.25) is 5.02 Å². The summed E-state index contributed by atoms with van der Waals surface area (Å²) in [6, 6.07) is 5.78. The number of halogens is 1. The van der Waals surface area contributed by atoms with Gasteiger partial charge >= 0.3 is 0 Å². The first-order valence-electron chi connectivity index (χ1n) is 6.70. The number of nitrogens with one attached hydrogen (secondary N) is 1. The summed E-state index contributed by atoms with van der Waals surface area (Å²) in [5, 5.41) is 3.92. The molecule has 0 aliphatic heterocycles. The zero-order valence-corrected chi connectivity index (χ0v) is 13.4. The van der Waals surface area contributed by atoms with E-state index >= 15 is 0 Å². The minimum atomic E-state index is 0.157. The molecule has 0 saturated carbocycles. The highest BCUT2D eigenvalue weighted by Gasteiger charge is 2.12. The van der Waals surface area contributed by atoms with E-state index < -0.39 is 0 Å². The highest BCUT2D eigenvalue weighted by molar-refractivity contribution is 6.32. The minimum Gasteiger partial charge on any atom is -0.495 e. The molecule has 0 saturated heterocycles. The summed E-state index contributed by atoms with van der Waals surface area (Å²) in [6.45, 7) is 4.60. The SMILES string of the molecule is COCC(C)Nc1nc(C)cn1-c1ccc(Cl)c(OC)c1. The number of rotatable bonds is 6. The molecule has 2 rings (SSSR count). The van der Waals surface area contributed by atoms with Crippen LogP contribution in [-0.2, 0) is 4.74 Å². The van der Waals surface area contributed by atoms with E-state index in [-0.39, 0.29) is 6.04 Å². The van der Waals surface area contributed by atoms with Gasteiger partial charge in [0, 0.05) is 25.4 Å². The lowest BCUT2D eigenvalue weighted by Crippen LogP contribution is -2.22. The van der Waals surface area contributed by atoms with E-state index in [2.05, 4.69) is 10.3 Å². The van der Waals surface area contributed by atoms with Crippen molar-refractivity contribution in [3.63, 3.8) is 0 Å². The molecule has 0 amide bonds. The fourth-order valence-corrected chi connectivity index (χ4v) is 2.30. The van der Waals surface area contributed by atoms with Crippen molar-refractivity contribution in [2.24, 2.45) is 0 Å². The number of imidazole rings is 1. The van der Waals surface area contributed by atoms with E-state index in [4.69, 9.17) is 21.1 Å². The predicted octanol–water partition coefficient (Wildman–Crippen LogP) is 3.29. The molecule has 1 aromatic carbocycles. The van der Waals surface area contributed by atoms with Crippen molar-refractivity contribution in [3.8, 4) is 11.4 Å². The van der Waals surface area contributed by atoms with Crippen LogP contribution in [0.4, 0.5) is 5.95 Å². The topological polar surface area (TPSA) is 48.3 Å². The van der Waals surface area contributed by atoms with Crippen molar-refractivity contribution < 1.29 is 9.47 Å². The average Bonchev–Trinajstić information content (AvgIpc) is 2.80. The first kappa shape index (κ1) is 15.7. The molecule has 2 aromatic rings. The maximum atomic E-state index is 6.07. The van der Waals surface area contributed by atoms with Gasteiger partial charge in [0.05, 0.1) is 30.1 Å². The van der Waals surface area contributed by atoms with E-state index in [9.17, 15) is 0 Å². The molecule has 114 valence electrons. The summed E-state index contributed by atoms with van der Waals surface area (Å²) in [6.07, 6.45) is 1.96. The van der Waals surface area contributed by atoms with Crippen LogP contribution in [0.25, 0.3) is 5.69 Å². The summed E-state index contributed by atoms with van der Waals surface area (Å²) >= 11 is 6.07. The van der Waals surface area contributed by atoms with Crippen LogP contribution in [0.5, 0.6) is 5.75 Å². The maximum Gasteiger partial charge on any atom is 0.208 e. The van der Waals surface area contributed by atoms with Crippen LogP contribution < -0.4 is 10.1 Å². The Morgan fingerprint density at radius 2 is 2.14 bits per heavy atom. The molecule has 1 unspecified atom stereocenters. The molecule has 1 N–H and O–H groups in total. The number of nitrogens with zero attached hydrogens (tertiary/aromatic N) is 2. The lowest BCUT2D eigenvalue weighted by molar-refractivity contribution is 0.190. The van der Waals surface area contributed by atoms with Gasteiger partial charge in [-0.1, -0.05) is 11.6 Å². The van der Waals surface area contributed by atoms with Crippen molar-refractivity contribution >= 4 is 17.5 Å². The third kappa shape index (κ3) is 3.68. The van der Waals surface area contributed by atoms with Crippen LogP contribution in [0.3, 0.4) is 0 Å². The van der Waals surface area contributed by atoms with E-state index in [0.29, 0.717) is 17.4 Å². The molecule has 0 bridgehead atoms. The molecule has 0 fully saturated rings. The molecule has 1 aromatic heterocycles. The van der Waals surface area contributed by atoms with Gasteiger partial charge in [0.15, 0.2) is 0 Å². The highest BCUT2D eigenvalue weighted by atomic mass is 35.5. The second-order valence-corrected chi connectivity index (χ2v) is 5.30. The molecular weight excluding hydrogens is 290 g/mol. The maximum absolute atomic E-state index is 6.07. The fourth-order valence-electron chi connectivity index (χ4n) is 2.11. The molecule has 0 spiro atoms. The lowest BCUT2D eigenvalue weighted by Gasteiger charge is -2.15. The summed E-state index contributed by atoms with van der Waals surface area (Å²) < 4.78 is 12.4. The zero-order chi connectivity index (χ0) is 15.4. The van der Waals surface area contributed by atoms with Crippen LogP contribution in [0.15, 0.2) is 24.4 Å². The van der Waals surface area contributed by atoms with Crippen molar-refractivity contribution in [3.05, 3.63) is 35.1 Å². The molecule has 1 atom stereocenters. The number of aromatic nitrogens is 2. The molecule has 1 heterocycles. The van der Waals surface area contributed by atoms with E-state index in [1.807, 2.05) is 42.8 Å². The second kappa shape index (κ2) is 6.83. The average molecular weight is 310 g/mol. The summed E-state index contributed by atoms with van der Waals surface area (Å²) in [5.74, 6) is 1.40. The lowest BCUT2D eigenvalue weighted by atomic mass is 10.3. The number of anilines is 1. The molecular formula is C15H20ClN3O2. The minimum absolute atomic E-state index is 0.157. The Bertz CT molecular complexity index is 613. The van der Waals surface area contributed by atoms with Gasteiger partial charge < -0.3 is 14.8 Å². The van der Waals surface area contributed by atoms with Crippen molar-refractivity contribution in [1.29, 1.82) is 0 Å². The van der Waals surface area contributed by atoms with Gasteiger partial charge in [-0.2, -0.15) is 0 Å². The van der Waals surface area contributed by atoms with Gasteiger partial charge in [-0.25, -0.2) is 4.98 Å². The Morgan fingerprint density at radius 1 is 1.38 bits per heavy atom. The Balaban J connectivity index is 2.35. The Morgan fingerprint density at radius 3 is 2.81 bits per heavy atom. The first-order chi connectivity index (χ1) is 10.0. The molecule has 0 aliphatic rings. The normalized spacial score (nSPS) is 12.2. The summed E-state index contributed by atoms with van der Waals surface area (Å²) in [7, 11) is 3.28. The molecule has 6 heteroatoms. The monoisotopic (exact) mass is 309 g/mol. The number of ether oxygens (including phenoxy) is 2. The predicted molar refractivity (Wildman–Crippen MR) is 84.8 cm³/mol. The van der Waals surface area contributed by atoms with Gasteiger partial charge in [0.25, 0.3) is 0 Å². The zero-order valence-electron chi connectivity index (χ0n) is 12.7. The van der Waals surface area contributed by atoms with Crippen molar-refractivity contribution in [2.75, 3.05) is 26.1 Å². The smallest absolute Gasteiger partial charge is 0.208 e. The fraction of sp³-hybridized carbons (Fsp3) is 0.400. The second-order valence-electron chi connectivity index (χ2n) is 4.90. The summed E-state index contributed by atoms with van der Waals surface area (Å²) in [5.41, 5.74) is 1.86. The van der Waals surface area contributed by atoms with E-state index in [0.717, 1.165) is 17.3 Å². The number of aryl methyl sites for hydroxylation is 1. The van der Waals surface area contributed by atoms with Crippen LogP contribution in [0.1, 0.15) is 12.6 Å². The molecule has 21 heavy (non-hydrogen) atoms. The van der Waals surface area contributed by atoms with Gasteiger partial charge in [0.2, 0.25) is 5.95 Å². The van der Waals surface area contributed by atoms with Crippen molar-refractivity contribution in [2.45, 2.75) is 19.9 Å². The van der Waals surface area contributed by atoms with Gasteiger partial charge in [-0.3, -0.25) is 4.57 Å². The molecule has 5 nitrogen and oxygen atoms in total. The van der Waals surface area contributed by atoms with Gasteiger partial charge in [0.1, 0.15) is 5.75 Å². The third-order valence-electron chi connectivity index (χ3n) is 3.03. The molecule has 0 radical (unpaired) electrons. The largest absolute Gasteiger partial charge is 0.495 e. The highest BCUT2D eigenvalue weighted by Crippen LogP contribution is 2.28. The standard InChI is InChI=1S/C15H20ClN3O2/c1-10-8-19(15(17-10)18-11(2)9-20-3)12-5-6-13(16)14(7-12)21-4/h5-8,11H,9H2,1-4H3,(H,17,18). The number of hydrogen-bond acceptors (Lipinski definition) is 4. The third-order valence-corrected chi connectivity index (χ3v) is 3.34. The Kier molecular flexibility index (Phi) is 5.09. The number of benzene rings is 1. The van der Waals surface area contributed by atoms with E-state index in [1.165, 1.54) is 0 Å². The number of hydrogen-bond donors (Lipinski definition) is 1. The van der Waals surface area contributed by atoms with E-state index in [1.54, 1.807) is 14.2 Å². The first-order valence-corrected chi connectivity index (χ1v) is 7.08. The Hall–Kier alpha value is -1.72. The summed E-state index contributed by atoms with van der Waals surface area (Å²) in [4.78, 5) is 4.51. The number of methoxy groups -OCH3 is 2.